The van der Waals surface area contributed by atoms with Crippen molar-refractivity contribution in [3.05, 3.63) is 188 Å². The summed E-state index contributed by atoms with van der Waals surface area (Å²) in [6.45, 7) is 0. The Bertz CT molecular complexity index is 2250. The van der Waals surface area contributed by atoms with Gasteiger partial charge in [-0.2, -0.15) is 0 Å². The zero-order valence-electron chi connectivity index (χ0n) is 26.2. The lowest BCUT2D eigenvalue weighted by atomic mass is 9.89. The monoisotopic (exact) mass is 613 g/mol. The van der Waals surface area contributed by atoms with E-state index in [1.165, 1.54) is 22.3 Å². The van der Waals surface area contributed by atoms with Crippen LogP contribution in [0.5, 0.6) is 0 Å². The minimum absolute atomic E-state index is 0.693. The van der Waals surface area contributed by atoms with Gasteiger partial charge in [-0.1, -0.05) is 140 Å². The summed E-state index contributed by atoms with van der Waals surface area (Å²) in [5.74, 6) is 0.693. The molecule has 0 amide bonds. The van der Waals surface area contributed by atoms with Crippen molar-refractivity contribution in [1.82, 2.24) is 15.0 Å². The fourth-order valence-corrected chi connectivity index (χ4v) is 6.16. The molecule has 0 atom stereocenters. The summed E-state index contributed by atoms with van der Waals surface area (Å²) in [5.41, 5.74) is 13.9. The highest BCUT2D eigenvalue weighted by molar-refractivity contribution is 5.89. The number of nitrogens with zero attached hydrogens (tertiary/aromatic N) is 3. The molecule has 0 aliphatic carbocycles. The summed E-state index contributed by atoms with van der Waals surface area (Å²) in [4.78, 5) is 14.6. The molecule has 8 aromatic rings. The van der Waals surface area contributed by atoms with Crippen molar-refractivity contribution in [1.29, 1.82) is 0 Å². The van der Waals surface area contributed by atoms with Gasteiger partial charge < -0.3 is 0 Å². The molecular weight excluding hydrogens is 583 g/mol. The smallest absolute Gasteiger partial charge is 0.160 e. The van der Waals surface area contributed by atoms with E-state index in [-0.39, 0.29) is 0 Å². The molecule has 226 valence electrons. The summed E-state index contributed by atoms with van der Waals surface area (Å²) < 4.78 is 0. The summed E-state index contributed by atoms with van der Waals surface area (Å²) in [5, 5.41) is 0. The van der Waals surface area contributed by atoms with Crippen molar-refractivity contribution in [3.8, 4) is 78.4 Å². The lowest BCUT2D eigenvalue weighted by Gasteiger charge is -2.16. The predicted molar refractivity (Wildman–Crippen MR) is 198 cm³/mol. The van der Waals surface area contributed by atoms with Gasteiger partial charge in [0.05, 0.1) is 11.4 Å². The van der Waals surface area contributed by atoms with Crippen molar-refractivity contribution in [3.63, 3.8) is 0 Å². The van der Waals surface area contributed by atoms with E-state index in [0.717, 1.165) is 50.3 Å². The van der Waals surface area contributed by atoms with Crippen LogP contribution in [0.2, 0.25) is 0 Å². The van der Waals surface area contributed by atoms with Crippen molar-refractivity contribution in [2.24, 2.45) is 0 Å². The van der Waals surface area contributed by atoms with E-state index in [1.807, 2.05) is 54.9 Å². The number of hydrogen-bond acceptors (Lipinski definition) is 3. The molecule has 8 rings (SSSR count). The summed E-state index contributed by atoms with van der Waals surface area (Å²) in [6, 6.07) is 61.4. The Kier molecular flexibility index (Phi) is 7.92. The van der Waals surface area contributed by atoms with E-state index < -0.39 is 0 Å². The second-order valence-electron chi connectivity index (χ2n) is 11.7. The van der Waals surface area contributed by atoms with Gasteiger partial charge >= 0.3 is 0 Å². The van der Waals surface area contributed by atoms with E-state index in [0.29, 0.717) is 5.82 Å². The van der Waals surface area contributed by atoms with Crippen LogP contribution in [0, 0.1) is 0 Å². The molecule has 0 spiro atoms. The first-order chi connectivity index (χ1) is 23.8. The minimum atomic E-state index is 0.693. The molecule has 2 heterocycles. The van der Waals surface area contributed by atoms with Gasteiger partial charge in [0.15, 0.2) is 5.82 Å². The summed E-state index contributed by atoms with van der Waals surface area (Å²) in [6.07, 6.45) is 3.73. The Morgan fingerprint density at radius 2 is 0.792 bits per heavy atom. The lowest BCUT2D eigenvalue weighted by molar-refractivity contribution is 1.18. The Morgan fingerprint density at radius 3 is 1.40 bits per heavy atom. The maximum Gasteiger partial charge on any atom is 0.160 e. The van der Waals surface area contributed by atoms with Crippen molar-refractivity contribution < 1.29 is 0 Å². The highest BCUT2D eigenvalue weighted by Gasteiger charge is 2.15. The first-order valence-electron chi connectivity index (χ1n) is 16.1. The second-order valence-corrected chi connectivity index (χ2v) is 11.7. The topological polar surface area (TPSA) is 38.7 Å². The molecule has 0 aliphatic rings. The first kappa shape index (κ1) is 29.0. The largest absolute Gasteiger partial charge is 0.264 e. The van der Waals surface area contributed by atoms with Gasteiger partial charge in [-0.05, 0) is 75.3 Å². The van der Waals surface area contributed by atoms with Crippen LogP contribution in [0.4, 0.5) is 0 Å². The van der Waals surface area contributed by atoms with Crippen LogP contribution in [0.25, 0.3) is 78.4 Å². The molecule has 0 aliphatic heterocycles. The summed E-state index contributed by atoms with van der Waals surface area (Å²) >= 11 is 0. The maximum absolute atomic E-state index is 5.16. The van der Waals surface area contributed by atoms with Gasteiger partial charge in [-0.15, -0.1) is 0 Å². The van der Waals surface area contributed by atoms with Gasteiger partial charge in [0.25, 0.3) is 0 Å². The number of pyridine rings is 1. The van der Waals surface area contributed by atoms with Gasteiger partial charge in [0.1, 0.15) is 0 Å². The Balaban J connectivity index is 1.34. The molecule has 0 N–H and O–H groups in total. The molecule has 0 saturated carbocycles. The highest BCUT2D eigenvalue weighted by atomic mass is 14.9. The average Bonchev–Trinajstić information content (AvgIpc) is 3.19. The van der Waals surface area contributed by atoms with Gasteiger partial charge in [-0.25, -0.2) is 9.97 Å². The molecule has 48 heavy (non-hydrogen) atoms. The van der Waals surface area contributed by atoms with E-state index in [9.17, 15) is 0 Å². The Labute approximate surface area is 280 Å². The predicted octanol–water partition coefficient (Wildman–Crippen LogP) is 11.5. The number of rotatable bonds is 7. The third-order valence-electron chi connectivity index (χ3n) is 8.57. The number of hydrogen-bond donors (Lipinski definition) is 0. The fraction of sp³-hybridized carbons (Fsp3) is 0. The molecule has 0 saturated heterocycles. The van der Waals surface area contributed by atoms with Gasteiger partial charge in [-0.3, -0.25) is 4.98 Å². The standard InChI is InChI=1S/C45H31N3/c1-5-14-32(15-6-1)41-24-23-36(29-42(41)33-16-7-2-8-17-33)38-26-39(37-22-13-25-46-31-37)28-40(27-38)44-30-43(34-18-9-3-10-19-34)47-45(48-44)35-20-11-4-12-21-35/h1-31H. The minimum Gasteiger partial charge on any atom is -0.264 e. The zero-order valence-corrected chi connectivity index (χ0v) is 26.2. The third kappa shape index (κ3) is 6.05. The van der Waals surface area contributed by atoms with E-state index in [4.69, 9.17) is 9.97 Å². The van der Waals surface area contributed by atoms with Crippen LogP contribution >= 0.6 is 0 Å². The van der Waals surface area contributed by atoms with Crippen LogP contribution < -0.4 is 0 Å². The molecule has 3 heteroatoms. The summed E-state index contributed by atoms with van der Waals surface area (Å²) in [7, 11) is 0. The Morgan fingerprint density at radius 1 is 0.292 bits per heavy atom. The molecule has 0 bridgehead atoms. The highest BCUT2D eigenvalue weighted by Crippen LogP contribution is 2.39. The van der Waals surface area contributed by atoms with E-state index in [2.05, 4.69) is 138 Å². The van der Waals surface area contributed by atoms with Crippen LogP contribution in [0.1, 0.15) is 0 Å². The first-order valence-corrected chi connectivity index (χ1v) is 16.1. The quantitative estimate of drug-likeness (QED) is 0.179. The molecule has 0 fully saturated rings. The van der Waals surface area contributed by atoms with Crippen LogP contribution in [0.3, 0.4) is 0 Å². The van der Waals surface area contributed by atoms with Crippen molar-refractivity contribution in [2.45, 2.75) is 0 Å². The van der Waals surface area contributed by atoms with E-state index in [1.54, 1.807) is 0 Å². The van der Waals surface area contributed by atoms with Gasteiger partial charge in [0.2, 0.25) is 0 Å². The average molecular weight is 614 g/mol. The fourth-order valence-electron chi connectivity index (χ4n) is 6.16. The van der Waals surface area contributed by atoms with Crippen LogP contribution in [-0.2, 0) is 0 Å². The Hall–Kier alpha value is -6.45. The number of aromatic nitrogens is 3. The lowest BCUT2D eigenvalue weighted by Crippen LogP contribution is -1.96. The maximum atomic E-state index is 5.16. The molecular formula is C45H31N3. The van der Waals surface area contributed by atoms with Gasteiger partial charge in [0, 0.05) is 34.6 Å². The SMILES string of the molecule is c1ccc(-c2cc(-c3cc(-c4cccnc4)cc(-c4ccc(-c5ccccc5)c(-c5ccccc5)c4)c3)nc(-c3ccccc3)n2)cc1. The van der Waals surface area contributed by atoms with Crippen LogP contribution in [-0.4, -0.2) is 15.0 Å². The number of benzene rings is 6. The normalized spacial score (nSPS) is 10.9. The zero-order chi connectivity index (χ0) is 32.1. The van der Waals surface area contributed by atoms with Crippen molar-refractivity contribution >= 4 is 0 Å². The molecule has 3 nitrogen and oxygen atoms in total. The molecule has 0 unspecified atom stereocenters. The van der Waals surface area contributed by atoms with E-state index >= 15 is 0 Å². The molecule has 0 radical (unpaired) electrons. The van der Waals surface area contributed by atoms with Crippen LogP contribution in [0.15, 0.2) is 188 Å². The second kappa shape index (κ2) is 13.1. The molecule has 2 aromatic heterocycles. The van der Waals surface area contributed by atoms with Crippen molar-refractivity contribution in [2.75, 3.05) is 0 Å². The third-order valence-corrected chi connectivity index (χ3v) is 8.57. The molecule has 6 aromatic carbocycles.